The molecular weight excluding hydrogens is 494 g/mol. The van der Waals surface area contributed by atoms with Crippen molar-refractivity contribution in [3.05, 3.63) is 82.4 Å². The number of hydrogen-bond acceptors (Lipinski definition) is 6. The molecule has 0 aliphatic carbocycles. The van der Waals surface area contributed by atoms with Crippen LogP contribution in [-0.4, -0.2) is 37.8 Å². The summed E-state index contributed by atoms with van der Waals surface area (Å²) in [5, 5.41) is 7.34. The second kappa shape index (κ2) is 13.9. The molecule has 194 valence electrons. The molecule has 0 atom stereocenters. The maximum atomic E-state index is 12.5. The highest BCUT2D eigenvalue weighted by Crippen LogP contribution is 2.28. The second-order valence-electron chi connectivity index (χ2n) is 8.01. The number of amides is 2. The highest BCUT2D eigenvalue weighted by Gasteiger charge is 2.11. The first-order valence-corrected chi connectivity index (χ1v) is 12.3. The van der Waals surface area contributed by atoms with E-state index in [-0.39, 0.29) is 18.4 Å². The van der Waals surface area contributed by atoms with Gasteiger partial charge in [-0.2, -0.15) is 5.10 Å². The predicted molar refractivity (Wildman–Crippen MR) is 145 cm³/mol. The molecule has 0 fully saturated rings. The van der Waals surface area contributed by atoms with Crippen LogP contribution in [0.3, 0.4) is 0 Å². The molecule has 2 amide bonds. The van der Waals surface area contributed by atoms with E-state index in [9.17, 15) is 9.59 Å². The fourth-order valence-electron chi connectivity index (χ4n) is 3.15. The first-order valence-electron chi connectivity index (χ1n) is 11.9. The summed E-state index contributed by atoms with van der Waals surface area (Å²) in [4.78, 5) is 24.6. The van der Waals surface area contributed by atoms with Crippen molar-refractivity contribution in [3.8, 4) is 17.2 Å². The number of carbonyl (C=O) groups is 2. The van der Waals surface area contributed by atoms with E-state index in [1.807, 2.05) is 26.8 Å². The first kappa shape index (κ1) is 27.5. The summed E-state index contributed by atoms with van der Waals surface area (Å²) in [6, 6.07) is 17.3. The molecule has 37 heavy (non-hydrogen) atoms. The molecule has 0 saturated heterocycles. The maximum Gasteiger partial charge on any atom is 0.271 e. The molecule has 0 bridgehead atoms. The Morgan fingerprint density at radius 3 is 2.43 bits per heavy atom. The van der Waals surface area contributed by atoms with Crippen LogP contribution in [0.5, 0.6) is 17.2 Å². The van der Waals surface area contributed by atoms with Crippen LogP contribution in [0.1, 0.15) is 41.8 Å². The minimum Gasteiger partial charge on any atom is -0.490 e. The number of halogens is 1. The largest absolute Gasteiger partial charge is 0.490 e. The van der Waals surface area contributed by atoms with Gasteiger partial charge >= 0.3 is 0 Å². The number of nitrogens with zero attached hydrogens (tertiary/aromatic N) is 1. The Morgan fingerprint density at radius 1 is 0.946 bits per heavy atom. The van der Waals surface area contributed by atoms with E-state index < -0.39 is 0 Å². The smallest absolute Gasteiger partial charge is 0.271 e. The zero-order valence-corrected chi connectivity index (χ0v) is 21.8. The van der Waals surface area contributed by atoms with Crippen molar-refractivity contribution in [2.24, 2.45) is 5.10 Å². The van der Waals surface area contributed by atoms with E-state index >= 15 is 0 Å². The third-order valence-electron chi connectivity index (χ3n) is 5.05. The van der Waals surface area contributed by atoms with Crippen LogP contribution in [0.25, 0.3) is 0 Å². The lowest BCUT2D eigenvalue weighted by Gasteiger charge is -2.12. The Kier molecular flexibility index (Phi) is 10.3. The number of ether oxygens (including phenoxy) is 3. The van der Waals surface area contributed by atoms with Crippen molar-refractivity contribution in [1.82, 2.24) is 5.43 Å². The van der Waals surface area contributed by atoms with E-state index in [4.69, 9.17) is 25.8 Å². The molecule has 0 aliphatic heterocycles. The van der Waals surface area contributed by atoms with Crippen molar-refractivity contribution in [2.45, 2.75) is 27.2 Å². The van der Waals surface area contributed by atoms with Crippen molar-refractivity contribution < 1.29 is 23.8 Å². The molecule has 9 heteroatoms. The average Bonchev–Trinajstić information content (AvgIpc) is 2.89. The highest BCUT2D eigenvalue weighted by molar-refractivity contribution is 6.31. The summed E-state index contributed by atoms with van der Waals surface area (Å²) in [5.74, 6) is 0.959. The van der Waals surface area contributed by atoms with Crippen molar-refractivity contribution >= 4 is 35.3 Å². The van der Waals surface area contributed by atoms with Gasteiger partial charge in [0.2, 0.25) is 0 Å². The molecule has 3 aromatic rings. The summed E-state index contributed by atoms with van der Waals surface area (Å²) >= 11 is 6.08. The third-order valence-corrected chi connectivity index (χ3v) is 5.46. The van der Waals surface area contributed by atoms with Gasteiger partial charge in [-0.15, -0.1) is 0 Å². The zero-order valence-electron chi connectivity index (χ0n) is 21.0. The Labute approximate surface area is 221 Å². The summed E-state index contributed by atoms with van der Waals surface area (Å²) < 4.78 is 16.8. The Morgan fingerprint density at radius 2 is 1.73 bits per heavy atom. The molecule has 0 saturated carbocycles. The molecule has 0 spiro atoms. The second-order valence-corrected chi connectivity index (χ2v) is 8.42. The molecule has 0 aliphatic rings. The van der Waals surface area contributed by atoms with Crippen LogP contribution in [0, 0.1) is 6.92 Å². The van der Waals surface area contributed by atoms with E-state index in [0.29, 0.717) is 46.7 Å². The topological polar surface area (TPSA) is 98.3 Å². The molecule has 0 unspecified atom stereocenters. The van der Waals surface area contributed by atoms with Gasteiger partial charge < -0.3 is 19.5 Å². The summed E-state index contributed by atoms with van der Waals surface area (Å²) in [6.07, 6.45) is 2.38. The summed E-state index contributed by atoms with van der Waals surface area (Å²) in [7, 11) is 0. The first-order chi connectivity index (χ1) is 17.9. The van der Waals surface area contributed by atoms with Gasteiger partial charge in [0, 0.05) is 16.3 Å². The van der Waals surface area contributed by atoms with Gasteiger partial charge in [-0.05, 0) is 86.0 Å². The van der Waals surface area contributed by atoms with Gasteiger partial charge in [0.25, 0.3) is 11.8 Å². The minimum atomic E-state index is -0.375. The van der Waals surface area contributed by atoms with Crippen LogP contribution in [0.15, 0.2) is 65.8 Å². The molecule has 8 nitrogen and oxygen atoms in total. The SMILES string of the molecule is CCCOc1ccc(C(=O)N/N=C/c2ccc(OCC(=O)Nc3ccc(C)c(Cl)c3)cc2)cc1OCC. The van der Waals surface area contributed by atoms with E-state index in [2.05, 4.69) is 15.8 Å². The van der Waals surface area contributed by atoms with Gasteiger partial charge in [-0.1, -0.05) is 24.6 Å². The van der Waals surface area contributed by atoms with Crippen molar-refractivity contribution in [3.63, 3.8) is 0 Å². The minimum absolute atomic E-state index is 0.152. The Balaban J connectivity index is 1.49. The molecule has 0 radical (unpaired) electrons. The van der Waals surface area contributed by atoms with Gasteiger partial charge in [-0.25, -0.2) is 5.43 Å². The number of aryl methyl sites for hydroxylation is 1. The standard InChI is InChI=1S/C28H30ClN3O5/c1-4-14-36-25-13-9-21(15-26(25)35-5-2)28(34)32-30-17-20-7-11-23(12-8-20)37-18-27(33)31-22-10-6-19(3)24(29)16-22/h6-13,15-17H,4-5,14,18H2,1-3H3,(H,31,33)(H,32,34)/b30-17+. The number of hydrogen-bond donors (Lipinski definition) is 2. The fraction of sp³-hybridized carbons (Fsp3) is 0.250. The van der Waals surface area contributed by atoms with Gasteiger partial charge in [0.05, 0.1) is 19.4 Å². The van der Waals surface area contributed by atoms with Gasteiger partial charge in [0.15, 0.2) is 18.1 Å². The lowest BCUT2D eigenvalue weighted by Crippen LogP contribution is -2.20. The molecule has 2 N–H and O–H groups in total. The van der Waals surface area contributed by atoms with E-state index in [1.165, 1.54) is 6.21 Å². The number of benzene rings is 3. The normalized spacial score (nSPS) is 10.7. The zero-order chi connectivity index (χ0) is 26.6. The number of rotatable bonds is 12. The molecule has 0 aromatic heterocycles. The van der Waals surface area contributed by atoms with Crippen LogP contribution in [0.4, 0.5) is 5.69 Å². The lowest BCUT2D eigenvalue weighted by molar-refractivity contribution is -0.118. The highest BCUT2D eigenvalue weighted by atomic mass is 35.5. The quantitative estimate of drug-likeness (QED) is 0.237. The molecular formula is C28H30ClN3O5. The molecule has 0 heterocycles. The Hall–Kier alpha value is -4.04. The number of anilines is 1. The van der Waals surface area contributed by atoms with E-state index in [1.54, 1.807) is 54.6 Å². The average molecular weight is 524 g/mol. The van der Waals surface area contributed by atoms with Crippen LogP contribution < -0.4 is 25.0 Å². The lowest BCUT2D eigenvalue weighted by atomic mass is 10.2. The van der Waals surface area contributed by atoms with Crippen LogP contribution >= 0.6 is 11.6 Å². The summed E-state index contributed by atoms with van der Waals surface area (Å²) in [5.41, 5.74) is 5.18. The third kappa shape index (κ3) is 8.54. The Bertz CT molecular complexity index is 1250. The van der Waals surface area contributed by atoms with E-state index in [0.717, 1.165) is 17.5 Å². The molecule has 3 aromatic carbocycles. The summed E-state index contributed by atoms with van der Waals surface area (Å²) in [6.45, 7) is 6.65. The number of carbonyl (C=O) groups excluding carboxylic acids is 2. The van der Waals surface area contributed by atoms with Crippen LogP contribution in [0.2, 0.25) is 5.02 Å². The maximum absolute atomic E-state index is 12.5. The van der Waals surface area contributed by atoms with Crippen LogP contribution in [-0.2, 0) is 4.79 Å². The number of hydrazone groups is 1. The predicted octanol–water partition coefficient (Wildman–Crippen LogP) is 5.62. The monoisotopic (exact) mass is 523 g/mol. The number of nitrogens with one attached hydrogen (secondary N) is 2. The fourth-order valence-corrected chi connectivity index (χ4v) is 3.33. The van der Waals surface area contributed by atoms with Gasteiger partial charge in [0.1, 0.15) is 5.75 Å². The van der Waals surface area contributed by atoms with Crippen molar-refractivity contribution in [2.75, 3.05) is 25.1 Å². The van der Waals surface area contributed by atoms with Gasteiger partial charge in [-0.3, -0.25) is 9.59 Å². The molecule has 3 rings (SSSR count). The van der Waals surface area contributed by atoms with Crippen molar-refractivity contribution in [1.29, 1.82) is 0 Å².